The predicted octanol–water partition coefficient (Wildman–Crippen LogP) is 9.66. The fourth-order valence-electron chi connectivity index (χ4n) is 9.92. The van der Waals surface area contributed by atoms with Crippen LogP contribution in [0.3, 0.4) is 0 Å². The maximum absolute atomic E-state index is 14.6. The number of nitrogens with one attached hydrogen (secondary N) is 3. The van der Waals surface area contributed by atoms with Crippen LogP contribution in [0.2, 0.25) is 5.02 Å². The summed E-state index contributed by atoms with van der Waals surface area (Å²) in [5.74, 6) is 1.06. The van der Waals surface area contributed by atoms with Crippen LogP contribution >= 0.6 is 11.6 Å². The Morgan fingerprint density at radius 1 is 0.793 bits per heavy atom. The molecule has 1 saturated heterocycles. The number of benzene rings is 5. The van der Waals surface area contributed by atoms with Gasteiger partial charge in [-0.3, -0.25) is 14.4 Å². The number of hydrogen-bond acceptors (Lipinski definition) is 18. The molecule has 3 unspecified atom stereocenters. The summed E-state index contributed by atoms with van der Waals surface area (Å²) in [5.41, 5.74) is 3.73. The third-order valence-corrected chi connectivity index (χ3v) is 14.8. The van der Waals surface area contributed by atoms with Crippen molar-refractivity contribution in [3.05, 3.63) is 131 Å². The number of aryl methyl sites for hydroxylation is 1. The number of ether oxygens (including phenoxy) is 10. The van der Waals surface area contributed by atoms with Gasteiger partial charge in [-0.2, -0.15) is 0 Å². The second kappa shape index (κ2) is 33.5. The van der Waals surface area contributed by atoms with Gasteiger partial charge in [-0.25, -0.2) is 19.2 Å². The van der Waals surface area contributed by atoms with Crippen molar-refractivity contribution in [3.8, 4) is 40.2 Å². The summed E-state index contributed by atoms with van der Waals surface area (Å²) in [6, 6.07) is 23.1. The van der Waals surface area contributed by atoms with Gasteiger partial charge in [-0.1, -0.05) is 42.8 Å². The first kappa shape index (κ1) is 66.1. The van der Waals surface area contributed by atoms with Crippen molar-refractivity contribution in [3.63, 3.8) is 0 Å². The first-order chi connectivity index (χ1) is 42.2. The van der Waals surface area contributed by atoms with Crippen molar-refractivity contribution in [1.29, 1.82) is 0 Å². The number of aromatic nitrogens is 2. The van der Waals surface area contributed by atoms with Gasteiger partial charge < -0.3 is 73.1 Å². The summed E-state index contributed by atoms with van der Waals surface area (Å²) in [5, 5.41) is 9.34. The topological polar surface area (TPSA) is 229 Å². The number of amides is 3. The quantitative estimate of drug-likeness (QED) is 0.0198. The maximum atomic E-state index is 14.6. The van der Waals surface area contributed by atoms with Crippen molar-refractivity contribution >= 4 is 63.4 Å². The molecule has 3 amide bonds. The number of esters is 1. The number of methoxy groups -OCH3 is 6. The summed E-state index contributed by atoms with van der Waals surface area (Å²) in [7, 11) is 11.1. The Morgan fingerprint density at radius 3 is 2.25 bits per heavy atom. The van der Waals surface area contributed by atoms with E-state index < -0.39 is 29.9 Å². The van der Waals surface area contributed by atoms with E-state index in [1.165, 1.54) is 59.0 Å². The first-order valence-corrected chi connectivity index (χ1v) is 29.0. The van der Waals surface area contributed by atoms with Gasteiger partial charge in [0.2, 0.25) is 17.6 Å². The highest BCUT2D eigenvalue weighted by molar-refractivity contribution is 6.31. The molecule has 1 fully saturated rings. The molecular weight excluding hydrogens is 1150 g/mol. The molecule has 5 aromatic carbocycles. The second-order valence-electron chi connectivity index (χ2n) is 20.3. The number of anilines is 3. The Kier molecular flexibility index (Phi) is 25.4. The van der Waals surface area contributed by atoms with Crippen LogP contribution in [0.1, 0.15) is 67.7 Å². The third kappa shape index (κ3) is 18.5. The van der Waals surface area contributed by atoms with Crippen molar-refractivity contribution in [2.24, 2.45) is 0 Å². The van der Waals surface area contributed by atoms with Crippen LogP contribution in [0.15, 0.2) is 103 Å². The van der Waals surface area contributed by atoms with E-state index in [9.17, 15) is 23.6 Å². The van der Waals surface area contributed by atoms with E-state index in [2.05, 4.69) is 25.9 Å². The smallest absolute Gasteiger partial charge is 0.329 e. The summed E-state index contributed by atoms with van der Waals surface area (Å²) in [6.07, 6.45) is 7.03. The number of nitrogens with zero attached hydrogens (tertiary/aromatic N) is 4. The fraction of sp³-hybridized carbons (Fsp3) is 0.406. The summed E-state index contributed by atoms with van der Waals surface area (Å²) >= 11 is 5.97. The van der Waals surface area contributed by atoms with Crippen molar-refractivity contribution in [1.82, 2.24) is 25.1 Å². The fourth-order valence-corrected chi connectivity index (χ4v) is 10.1. The lowest BCUT2D eigenvalue weighted by molar-refractivity contribution is -0.162. The van der Waals surface area contributed by atoms with Gasteiger partial charge in [0.15, 0.2) is 29.6 Å². The molecule has 0 spiro atoms. The Hall–Kier alpha value is -8.44. The van der Waals surface area contributed by atoms with Crippen molar-refractivity contribution in [2.45, 2.75) is 63.5 Å². The highest BCUT2D eigenvalue weighted by Crippen LogP contribution is 2.42. The molecule has 6 aromatic rings. The molecule has 1 aliphatic heterocycles. The normalized spacial score (nSPS) is 13.8. The molecule has 0 bridgehead atoms. The van der Waals surface area contributed by atoms with Gasteiger partial charge in [0.25, 0.3) is 5.91 Å². The van der Waals surface area contributed by atoms with E-state index >= 15 is 0 Å². The molecule has 87 heavy (non-hydrogen) atoms. The van der Waals surface area contributed by atoms with Crippen molar-refractivity contribution < 1.29 is 70.9 Å². The van der Waals surface area contributed by atoms with Crippen LogP contribution in [0.5, 0.6) is 40.2 Å². The third-order valence-electron chi connectivity index (χ3n) is 14.5. The lowest BCUT2D eigenvalue weighted by atomic mass is 9.91. The number of hydrogen-bond donors (Lipinski definition) is 3. The van der Waals surface area contributed by atoms with Crippen LogP contribution < -0.4 is 49.1 Å². The summed E-state index contributed by atoms with van der Waals surface area (Å²) in [6.45, 7) is 4.67. The monoisotopic (exact) mass is 1220 g/mol. The van der Waals surface area contributed by atoms with Gasteiger partial charge in [0.05, 0.1) is 91.2 Å². The number of likely N-dealkylation sites (N-methyl/N-ethyl adjacent to an activating group) is 1. The number of rotatable bonds is 33. The molecule has 23 heteroatoms. The zero-order valence-corrected chi connectivity index (χ0v) is 51.2. The minimum Gasteiger partial charge on any atom is -0.494 e. The maximum Gasteiger partial charge on any atom is 0.329 e. The van der Waals surface area contributed by atoms with E-state index in [4.69, 9.17) is 59.0 Å². The molecule has 1 aliphatic rings. The summed E-state index contributed by atoms with van der Waals surface area (Å²) < 4.78 is 70.9. The molecule has 21 nitrogen and oxygen atoms in total. The van der Waals surface area contributed by atoms with E-state index in [0.29, 0.717) is 145 Å². The Balaban J connectivity index is 0.848. The SMILES string of the molecule is CCC(C(=O)N1CCCCC1C(=O)OC(CCc1ccc(OC)c(OC)c1)c1cccc(OCC(=O)NCCOCCOCCN(C)CC=CC(=O)Nc2cc3c(Nc4ccc(F)c(Cl)c4)ncnc3cc2OC)c1)c1cc(OC)c(OC)c(OC)c1. The molecule has 0 radical (unpaired) electrons. The second-order valence-corrected chi connectivity index (χ2v) is 20.7. The van der Waals surface area contributed by atoms with Crippen LogP contribution in [0.4, 0.5) is 21.6 Å². The Morgan fingerprint density at radius 2 is 1.54 bits per heavy atom. The number of piperidine rings is 1. The number of halogens is 2. The number of fused-ring (bicyclic) bond motifs is 1. The Labute approximate surface area is 511 Å². The average Bonchev–Trinajstić information content (AvgIpc) is 3.42. The Bertz CT molecular complexity index is 3290. The standard InChI is InChI=1S/C64H77ClFN7O14/c1-9-46(43-34-57(81-6)61(83-8)58(35-43)82-7)63(76)73-26-11-10-16-52(73)64(77)87-53(22-18-41-19-23-54(78-3)56(32-41)80-5)42-14-12-15-45(33-42)86-39-60(75)67-24-28-84-30-31-85-29-27-72(2)25-13-17-59(74)71-51-37-47-50(38-55(51)79-4)68-40-69-62(47)70-44-20-21-49(66)48(65)36-44/h12-15,17,19-21,23,32-38,40,46,52-53H,9-11,16,18,22,24-31,39H2,1-8H3,(H,67,75)(H,71,74)(H,68,69,70). The van der Waals surface area contributed by atoms with Crippen LogP contribution in [-0.4, -0.2) is 158 Å². The van der Waals surface area contributed by atoms with Gasteiger partial charge >= 0.3 is 5.97 Å². The molecule has 1 aromatic heterocycles. The summed E-state index contributed by atoms with van der Waals surface area (Å²) in [4.78, 5) is 67.3. The molecule has 466 valence electrons. The first-order valence-electron chi connectivity index (χ1n) is 28.6. The lowest BCUT2D eigenvalue weighted by Gasteiger charge is -2.37. The van der Waals surface area contributed by atoms with Crippen LogP contribution in [0, 0.1) is 5.82 Å². The predicted molar refractivity (Wildman–Crippen MR) is 328 cm³/mol. The van der Waals surface area contributed by atoms with Gasteiger partial charge in [0, 0.05) is 49.4 Å². The molecule has 7 rings (SSSR count). The largest absolute Gasteiger partial charge is 0.494 e. The molecule has 3 N–H and O–H groups in total. The van der Waals surface area contributed by atoms with E-state index in [0.717, 1.165) is 18.4 Å². The molecule has 0 aliphatic carbocycles. The molecule has 3 atom stereocenters. The van der Waals surface area contributed by atoms with E-state index in [1.54, 1.807) is 67.7 Å². The lowest BCUT2D eigenvalue weighted by Crippen LogP contribution is -2.50. The zero-order valence-electron chi connectivity index (χ0n) is 50.4. The zero-order chi connectivity index (χ0) is 62.2. The van der Waals surface area contributed by atoms with Crippen molar-refractivity contribution in [2.75, 3.05) is 120 Å². The molecule has 2 heterocycles. The number of carbonyl (C=O) groups is 4. The number of likely N-dealkylation sites (tertiary alicyclic amines) is 1. The minimum absolute atomic E-state index is 0.0409. The van der Waals surface area contributed by atoms with Gasteiger partial charge in [-0.05, 0) is 123 Å². The minimum atomic E-state index is -0.825. The highest BCUT2D eigenvalue weighted by Gasteiger charge is 2.38. The van der Waals surface area contributed by atoms with Gasteiger partial charge in [0.1, 0.15) is 41.6 Å². The van der Waals surface area contributed by atoms with E-state index in [1.807, 2.05) is 43.1 Å². The van der Waals surface area contributed by atoms with Gasteiger partial charge in [-0.15, -0.1) is 0 Å². The van der Waals surface area contributed by atoms with E-state index in [-0.39, 0.29) is 42.5 Å². The molecular formula is C64H77ClFN7O14. The molecule has 0 saturated carbocycles. The average molecular weight is 1220 g/mol. The van der Waals surface area contributed by atoms with Crippen LogP contribution in [-0.2, 0) is 39.8 Å². The van der Waals surface area contributed by atoms with Crippen LogP contribution in [0.25, 0.3) is 10.9 Å². The number of carbonyl (C=O) groups excluding carboxylic acids is 4. The highest BCUT2D eigenvalue weighted by atomic mass is 35.5.